The molecule has 0 saturated carbocycles. The summed E-state index contributed by atoms with van der Waals surface area (Å²) in [7, 11) is 2.20. The average molecular weight is 465 g/mol. The largest absolute Gasteiger partial charge is 0.337 e. The van der Waals surface area contributed by atoms with Gasteiger partial charge in [-0.2, -0.15) is 10.3 Å². The molecule has 0 aliphatic carbocycles. The van der Waals surface area contributed by atoms with Crippen molar-refractivity contribution in [3.05, 3.63) is 84.8 Å². The van der Waals surface area contributed by atoms with E-state index in [2.05, 4.69) is 96.7 Å². The third-order valence-corrected chi connectivity index (χ3v) is 6.65. The minimum Gasteiger partial charge on any atom is -0.337 e. The molecule has 0 bridgehead atoms. The number of anilines is 2. The molecule has 1 aliphatic rings. The van der Waals surface area contributed by atoms with E-state index in [1.807, 2.05) is 18.3 Å². The number of hydrogen-bond donors (Lipinski definition) is 2. The number of aromatic nitrogens is 5. The molecule has 8 nitrogen and oxygen atoms in total. The smallest absolute Gasteiger partial charge is 0.172 e. The van der Waals surface area contributed by atoms with Crippen LogP contribution in [0.25, 0.3) is 28.0 Å². The second-order valence-electron chi connectivity index (χ2n) is 9.12. The van der Waals surface area contributed by atoms with E-state index in [4.69, 9.17) is 4.98 Å². The Morgan fingerprint density at radius 1 is 0.886 bits per heavy atom. The van der Waals surface area contributed by atoms with Crippen LogP contribution in [0, 0.1) is 0 Å². The number of imidazole rings is 1. The third kappa shape index (κ3) is 4.66. The van der Waals surface area contributed by atoms with Crippen molar-refractivity contribution in [3.63, 3.8) is 0 Å². The van der Waals surface area contributed by atoms with Crippen LogP contribution in [0.2, 0.25) is 0 Å². The van der Waals surface area contributed by atoms with E-state index >= 15 is 0 Å². The van der Waals surface area contributed by atoms with E-state index in [-0.39, 0.29) is 0 Å². The van der Waals surface area contributed by atoms with Crippen LogP contribution in [-0.4, -0.2) is 67.8 Å². The number of hydrogen-bond acceptors (Lipinski definition) is 6. The maximum Gasteiger partial charge on any atom is 0.172 e. The van der Waals surface area contributed by atoms with Crippen LogP contribution in [-0.2, 0) is 6.54 Å². The number of likely N-dealkylation sites (N-methyl/N-ethyl adjacent to an activating group) is 1. The minimum atomic E-state index is 0.680. The fourth-order valence-corrected chi connectivity index (χ4v) is 4.61. The maximum absolute atomic E-state index is 4.69. The second kappa shape index (κ2) is 9.32. The molecule has 0 unspecified atom stereocenters. The summed E-state index contributed by atoms with van der Waals surface area (Å²) in [5.74, 6) is 0.680. The standard InChI is InChI=1S/C27H28N8/c1-33-11-13-34(14-12-33)19-20-5-7-21(8-6-20)22-9-10-35-25(17-28-27(35)16-22)23-3-2-4-24(15-23)30-26-18-29-32-31-26/h2-10,15-18H,11-14,19H2,1H3,(H2,29,30,31,32). The highest BCUT2D eigenvalue weighted by molar-refractivity contribution is 5.73. The molecule has 8 heteroatoms. The van der Waals surface area contributed by atoms with Crippen LogP contribution >= 0.6 is 0 Å². The summed E-state index contributed by atoms with van der Waals surface area (Å²) in [6.45, 7) is 5.58. The summed E-state index contributed by atoms with van der Waals surface area (Å²) in [6.07, 6.45) is 5.68. The molecular formula is C27H28N8. The van der Waals surface area contributed by atoms with E-state index in [0.29, 0.717) is 5.82 Å². The number of fused-ring (bicyclic) bond motifs is 1. The third-order valence-electron chi connectivity index (χ3n) is 6.65. The van der Waals surface area contributed by atoms with Crippen LogP contribution < -0.4 is 5.32 Å². The van der Waals surface area contributed by atoms with Gasteiger partial charge in [0, 0.05) is 50.2 Å². The zero-order valence-corrected chi connectivity index (χ0v) is 19.7. The Labute approximate surface area is 204 Å². The summed E-state index contributed by atoms with van der Waals surface area (Å²) in [6, 6.07) is 21.5. The van der Waals surface area contributed by atoms with Gasteiger partial charge in [0.05, 0.1) is 18.1 Å². The van der Waals surface area contributed by atoms with Gasteiger partial charge in [-0.1, -0.05) is 36.4 Å². The molecule has 176 valence electrons. The Hall–Kier alpha value is -4.01. The van der Waals surface area contributed by atoms with Crippen molar-refractivity contribution in [2.75, 3.05) is 38.5 Å². The number of benzene rings is 2. The molecule has 2 N–H and O–H groups in total. The Morgan fingerprint density at radius 2 is 1.74 bits per heavy atom. The zero-order valence-electron chi connectivity index (χ0n) is 19.7. The van der Waals surface area contributed by atoms with E-state index in [0.717, 1.165) is 55.3 Å². The zero-order chi connectivity index (χ0) is 23.6. The lowest BCUT2D eigenvalue weighted by atomic mass is 10.0. The van der Waals surface area contributed by atoms with Gasteiger partial charge >= 0.3 is 0 Å². The van der Waals surface area contributed by atoms with Crippen molar-refractivity contribution >= 4 is 17.2 Å². The lowest BCUT2D eigenvalue weighted by Gasteiger charge is -2.32. The molecule has 4 heterocycles. The van der Waals surface area contributed by atoms with Gasteiger partial charge in [0.15, 0.2) is 5.82 Å². The Bertz CT molecular complexity index is 1410. The second-order valence-corrected chi connectivity index (χ2v) is 9.12. The predicted molar refractivity (Wildman–Crippen MR) is 139 cm³/mol. The van der Waals surface area contributed by atoms with Crippen molar-refractivity contribution in [2.45, 2.75) is 6.54 Å². The van der Waals surface area contributed by atoms with Gasteiger partial charge in [-0.3, -0.25) is 9.30 Å². The molecule has 6 rings (SSSR count). The molecule has 2 aromatic carbocycles. The number of nitrogens with zero attached hydrogens (tertiary/aromatic N) is 6. The number of piperazine rings is 1. The molecule has 5 aromatic rings. The van der Waals surface area contributed by atoms with E-state index < -0.39 is 0 Å². The molecular weight excluding hydrogens is 436 g/mol. The maximum atomic E-state index is 4.69. The lowest BCUT2D eigenvalue weighted by molar-refractivity contribution is 0.148. The highest BCUT2D eigenvalue weighted by Crippen LogP contribution is 2.28. The first kappa shape index (κ1) is 21.5. The summed E-state index contributed by atoms with van der Waals surface area (Å²) >= 11 is 0. The van der Waals surface area contributed by atoms with Gasteiger partial charge in [-0.05, 0) is 48.0 Å². The highest BCUT2D eigenvalue weighted by Gasteiger charge is 2.14. The SMILES string of the molecule is CN1CCN(Cc2ccc(-c3ccn4c(-c5cccc(Nc6cn[nH]n6)c5)cnc4c3)cc2)CC1. The quantitative estimate of drug-likeness (QED) is 0.391. The fraction of sp³-hybridized carbons (Fsp3) is 0.222. The van der Waals surface area contributed by atoms with Crippen LogP contribution in [0.4, 0.5) is 11.5 Å². The Kier molecular flexibility index (Phi) is 5.73. The Morgan fingerprint density at radius 3 is 2.54 bits per heavy atom. The first-order valence-corrected chi connectivity index (χ1v) is 11.9. The molecule has 35 heavy (non-hydrogen) atoms. The van der Waals surface area contributed by atoms with E-state index in [1.54, 1.807) is 6.20 Å². The van der Waals surface area contributed by atoms with E-state index in [1.165, 1.54) is 16.7 Å². The van der Waals surface area contributed by atoms with Gasteiger partial charge in [-0.15, -0.1) is 5.10 Å². The first-order chi connectivity index (χ1) is 17.2. The minimum absolute atomic E-state index is 0.680. The number of aromatic amines is 1. The van der Waals surface area contributed by atoms with Crippen molar-refractivity contribution < 1.29 is 0 Å². The van der Waals surface area contributed by atoms with Gasteiger partial charge in [0.25, 0.3) is 0 Å². The monoisotopic (exact) mass is 464 g/mol. The van der Waals surface area contributed by atoms with Crippen molar-refractivity contribution in [3.8, 4) is 22.4 Å². The molecule has 1 aliphatic heterocycles. The van der Waals surface area contributed by atoms with Crippen molar-refractivity contribution in [1.29, 1.82) is 0 Å². The van der Waals surface area contributed by atoms with Crippen LogP contribution in [0.5, 0.6) is 0 Å². The lowest BCUT2D eigenvalue weighted by Crippen LogP contribution is -2.43. The van der Waals surface area contributed by atoms with Gasteiger partial charge in [-0.25, -0.2) is 4.98 Å². The number of nitrogens with one attached hydrogen (secondary N) is 2. The first-order valence-electron chi connectivity index (χ1n) is 11.9. The average Bonchev–Trinajstić information content (AvgIpc) is 3.56. The summed E-state index contributed by atoms with van der Waals surface area (Å²) < 4.78 is 2.13. The topological polar surface area (TPSA) is 77.4 Å². The van der Waals surface area contributed by atoms with Crippen LogP contribution in [0.1, 0.15) is 5.56 Å². The molecule has 0 radical (unpaired) electrons. The van der Waals surface area contributed by atoms with Gasteiger partial charge < -0.3 is 10.2 Å². The highest BCUT2D eigenvalue weighted by atomic mass is 15.4. The molecule has 1 fully saturated rings. The van der Waals surface area contributed by atoms with Gasteiger partial charge in [0.2, 0.25) is 0 Å². The van der Waals surface area contributed by atoms with Crippen LogP contribution in [0.3, 0.4) is 0 Å². The van der Waals surface area contributed by atoms with E-state index in [9.17, 15) is 0 Å². The number of rotatable bonds is 6. The molecule has 0 amide bonds. The Balaban J connectivity index is 1.20. The van der Waals surface area contributed by atoms with Gasteiger partial charge in [0.1, 0.15) is 5.65 Å². The molecule has 1 saturated heterocycles. The summed E-state index contributed by atoms with van der Waals surface area (Å²) in [4.78, 5) is 9.62. The molecule has 3 aromatic heterocycles. The summed E-state index contributed by atoms with van der Waals surface area (Å²) in [5, 5.41) is 13.8. The predicted octanol–water partition coefficient (Wildman–Crippen LogP) is 4.28. The molecule has 0 atom stereocenters. The normalized spacial score (nSPS) is 15.0. The number of H-pyrrole nitrogens is 1. The fourth-order valence-electron chi connectivity index (χ4n) is 4.61. The molecule has 0 spiro atoms. The summed E-state index contributed by atoms with van der Waals surface area (Å²) in [5.41, 5.74) is 7.72. The van der Waals surface area contributed by atoms with Crippen molar-refractivity contribution in [2.24, 2.45) is 0 Å². The van der Waals surface area contributed by atoms with Crippen molar-refractivity contribution in [1.82, 2.24) is 34.6 Å². The number of pyridine rings is 1. The van der Waals surface area contributed by atoms with Crippen LogP contribution in [0.15, 0.2) is 79.3 Å².